The third-order valence-corrected chi connectivity index (χ3v) is 5.41. The van der Waals surface area contributed by atoms with Crippen LogP contribution in [-0.2, 0) is 11.3 Å². The zero-order chi connectivity index (χ0) is 22.0. The van der Waals surface area contributed by atoms with E-state index in [9.17, 15) is 14.0 Å². The Morgan fingerprint density at radius 3 is 2.90 bits per heavy atom. The van der Waals surface area contributed by atoms with Crippen LogP contribution in [0, 0.1) is 5.82 Å². The summed E-state index contributed by atoms with van der Waals surface area (Å²) in [4.78, 5) is 30.1. The third-order valence-electron chi connectivity index (χ3n) is 4.21. The van der Waals surface area contributed by atoms with Crippen molar-refractivity contribution in [2.45, 2.75) is 16.5 Å². The Labute approximate surface area is 184 Å². The minimum atomic E-state index is -0.508. The predicted octanol–water partition coefficient (Wildman–Crippen LogP) is 3.48. The minimum absolute atomic E-state index is 0.259. The van der Waals surface area contributed by atoms with Crippen molar-refractivity contribution in [1.82, 2.24) is 19.2 Å². The summed E-state index contributed by atoms with van der Waals surface area (Å²) in [7, 11) is 1.47. The lowest BCUT2D eigenvalue weighted by Crippen LogP contribution is -2.28. The largest absolute Gasteiger partial charge is 0.495 e. The van der Waals surface area contributed by atoms with Gasteiger partial charge in [0.25, 0.3) is 0 Å². The molecule has 8 nitrogen and oxygen atoms in total. The van der Waals surface area contributed by atoms with Crippen LogP contribution in [0.4, 0.5) is 10.1 Å². The van der Waals surface area contributed by atoms with E-state index in [0.29, 0.717) is 26.4 Å². The molecule has 0 aliphatic rings. The van der Waals surface area contributed by atoms with Crippen LogP contribution in [0.1, 0.15) is 0 Å². The van der Waals surface area contributed by atoms with Crippen LogP contribution in [0.5, 0.6) is 5.75 Å². The fourth-order valence-corrected chi connectivity index (χ4v) is 3.90. The third kappa shape index (κ3) is 4.54. The number of carbonyl (C=O) groups is 1. The van der Waals surface area contributed by atoms with Crippen LogP contribution in [0.25, 0.3) is 5.65 Å². The Bertz CT molecular complexity index is 1340. The van der Waals surface area contributed by atoms with Crippen molar-refractivity contribution >= 4 is 40.6 Å². The second-order valence-electron chi connectivity index (χ2n) is 6.32. The summed E-state index contributed by atoms with van der Waals surface area (Å²) in [6.07, 6.45) is 2.90. The maximum absolute atomic E-state index is 13.5. The first-order valence-electron chi connectivity index (χ1n) is 8.95. The summed E-state index contributed by atoms with van der Waals surface area (Å²) in [6.45, 7) is -0.333. The standard InChI is InChI=1S/C20H15ClFN5O3S/c1-30-16-6-5-12(21)9-15(16)24-17(28)11-27-20(29)26-8-7-23-19(18(26)25-27)31-14-4-2-3-13(22)10-14/h2-10H,11H2,1H3,(H,24,28). The molecule has 2 aromatic carbocycles. The molecule has 4 rings (SSSR count). The summed E-state index contributed by atoms with van der Waals surface area (Å²) >= 11 is 7.14. The molecule has 0 radical (unpaired) electrons. The van der Waals surface area contributed by atoms with Crippen LogP contribution in [0.2, 0.25) is 5.02 Å². The Morgan fingerprint density at radius 1 is 1.29 bits per heavy atom. The van der Waals surface area contributed by atoms with Crippen LogP contribution in [0.15, 0.2) is 69.6 Å². The van der Waals surface area contributed by atoms with E-state index in [4.69, 9.17) is 16.3 Å². The van der Waals surface area contributed by atoms with Gasteiger partial charge in [-0.15, -0.1) is 5.10 Å². The lowest BCUT2D eigenvalue weighted by atomic mass is 10.3. The van der Waals surface area contributed by atoms with E-state index in [-0.39, 0.29) is 18.0 Å². The molecule has 31 heavy (non-hydrogen) atoms. The van der Waals surface area contributed by atoms with Gasteiger partial charge in [-0.05, 0) is 36.4 Å². The van der Waals surface area contributed by atoms with E-state index >= 15 is 0 Å². The lowest BCUT2D eigenvalue weighted by Gasteiger charge is -2.10. The van der Waals surface area contributed by atoms with Gasteiger partial charge in [0.15, 0.2) is 5.65 Å². The molecule has 11 heteroatoms. The summed E-state index contributed by atoms with van der Waals surface area (Å²) in [5.41, 5.74) is 0.127. The van der Waals surface area contributed by atoms with Crippen LogP contribution < -0.4 is 15.7 Å². The Balaban J connectivity index is 1.60. The molecule has 158 valence electrons. The van der Waals surface area contributed by atoms with Gasteiger partial charge in [-0.3, -0.25) is 4.79 Å². The van der Waals surface area contributed by atoms with E-state index in [1.165, 1.54) is 36.0 Å². The first-order chi connectivity index (χ1) is 14.9. The summed E-state index contributed by atoms with van der Waals surface area (Å²) in [5, 5.41) is 7.73. The first-order valence-corrected chi connectivity index (χ1v) is 10.1. The molecule has 0 aliphatic carbocycles. The number of methoxy groups -OCH3 is 1. The summed E-state index contributed by atoms with van der Waals surface area (Å²) < 4.78 is 21.0. The molecule has 0 bridgehead atoms. The number of nitrogens with one attached hydrogen (secondary N) is 1. The Morgan fingerprint density at radius 2 is 2.13 bits per heavy atom. The molecule has 1 amide bonds. The fraction of sp³-hybridized carbons (Fsp3) is 0.100. The van der Waals surface area contributed by atoms with E-state index in [2.05, 4.69) is 15.4 Å². The highest BCUT2D eigenvalue weighted by atomic mass is 35.5. The monoisotopic (exact) mass is 459 g/mol. The van der Waals surface area contributed by atoms with Crippen molar-refractivity contribution in [2.75, 3.05) is 12.4 Å². The van der Waals surface area contributed by atoms with Gasteiger partial charge in [0.2, 0.25) is 5.91 Å². The zero-order valence-electron chi connectivity index (χ0n) is 16.1. The Hall–Kier alpha value is -3.37. The molecule has 2 heterocycles. The van der Waals surface area contributed by atoms with Crippen molar-refractivity contribution in [2.24, 2.45) is 0 Å². The van der Waals surface area contributed by atoms with E-state index < -0.39 is 11.6 Å². The van der Waals surface area contributed by atoms with Crippen molar-refractivity contribution in [3.05, 3.63) is 76.2 Å². The molecule has 2 aromatic heterocycles. The van der Waals surface area contributed by atoms with Gasteiger partial charge in [-0.25, -0.2) is 23.3 Å². The number of benzene rings is 2. The average molecular weight is 460 g/mol. The topological polar surface area (TPSA) is 90.5 Å². The number of ether oxygens (including phenoxy) is 1. The molecular formula is C20H15ClFN5O3S. The van der Waals surface area contributed by atoms with Gasteiger partial charge in [0.05, 0.1) is 12.8 Å². The second-order valence-corrected chi connectivity index (χ2v) is 7.82. The van der Waals surface area contributed by atoms with E-state index in [1.807, 2.05) is 0 Å². The number of amides is 1. The molecule has 0 atom stereocenters. The molecule has 0 spiro atoms. The van der Waals surface area contributed by atoms with Crippen LogP contribution >= 0.6 is 23.4 Å². The van der Waals surface area contributed by atoms with Gasteiger partial charge in [0.1, 0.15) is 23.1 Å². The number of carbonyl (C=O) groups excluding carboxylic acids is 1. The number of anilines is 1. The fourth-order valence-electron chi connectivity index (χ4n) is 2.85. The Kier molecular flexibility index (Phi) is 5.92. The van der Waals surface area contributed by atoms with Gasteiger partial charge >= 0.3 is 5.69 Å². The highest BCUT2D eigenvalue weighted by Crippen LogP contribution is 2.29. The molecule has 0 saturated carbocycles. The highest BCUT2D eigenvalue weighted by molar-refractivity contribution is 7.99. The molecule has 0 saturated heterocycles. The predicted molar refractivity (Wildman–Crippen MR) is 114 cm³/mol. The summed E-state index contributed by atoms with van der Waals surface area (Å²) in [6, 6.07) is 10.8. The summed E-state index contributed by atoms with van der Waals surface area (Å²) in [5.74, 6) is -0.440. The number of hydrogen-bond acceptors (Lipinski definition) is 6. The number of halogens is 2. The minimum Gasteiger partial charge on any atom is -0.495 e. The molecule has 0 aliphatic heterocycles. The molecule has 4 aromatic rings. The number of fused-ring (bicyclic) bond motifs is 1. The number of nitrogens with zero attached hydrogens (tertiary/aromatic N) is 4. The smallest absolute Gasteiger partial charge is 0.350 e. The van der Waals surface area contributed by atoms with Gasteiger partial charge in [0, 0.05) is 22.3 Å². The SMILES string of the molecule is COc1ccc(Cl)cc1NC(=O)Cn1nc2c(Sc3cccc(F)c3)nccn2c1=O. The molecule has 1 N–H and O–H groups in total. The van der Waals surface area contributed by atoms with Crippen molar-refractivity contribution in [1.29, 1.82) is 0 Å². The molecule has 0 fully saturated rings. The van der Waals surface area contributed by atoms with Crippen molar-refractivity contribution in [3.63, 3.8) is 0 Å². The van der Waals surface area contributed by atoms with Gasteiger partial charge < -0.3 is 10.1 Å². The number of aromatic nitrogens is 4. The second kappa shape index (κ2) is 8.78. The zero-order valence-corrected chi connectivity index (χ0v) is 17.7. The number of hydrogen-bond donors (Lipinski definition) is 1. The molecule has 0 unspecified atom stereocenters. The van der Waals surface area contributed by atoms with Crippen LogP contribution in [-0.4, -0.2) is 32.2 Å². The maximum atomic E-state index is 13.5. The highest BCUT2D eigenvalue weighted by Gasteiger charge is 2.16. The first kappa shape index (κ1) is 20.9. The van der Waals surface area contributed by atoms with E-state index in [1.54, 1.807) is 30.3 Å². The normalized spacial score (nSPS) is 10.9. The van der Waals surface area contributed by atoms with Gasteiger partial charge in [-0.2, -0.15) is 0 Å². The van der Waals surface area contributed by atoms with Crippen molar-refractivity contribution in [3.8, 4) is 5.75 Å². The van der Waals surface area contributed by atoms with E-state index in [0.717, 1.165) is 16.4 Å². The molecular weight excluding hydrogens is 445 g/mol. The van der Waals surface area contributed by atoms with Gasteiger partial charge in [-0.1, -0.05) is 29.4 Å². The average Bonchev–Trinajstić information content (AvgIpc) is 3.05. The number of rotatable bonds is 6. The quantitative estimate of drug-likeness (QED) is 0.474. The lowest BCUT2D eigenvalue weighted by molar-refractivity contribution is -0.117. The van der Waals surface area contributed by atoms with Crippen molar-refractivity contribution < 1.29 is 13.9 Å². The maximum Gasteiger partial charge on any atom is 0.350 e. The van der Waals surface area contributed by atoms with Crippen LogP contribution in [0.3, 0.4) is 0 Å².